The molecule has 0 amide bonds. The lowest BCUT2D eigenvalue weighted by atomic mass is 9.52. The molecule has 3 heteroatoms. The van der Waals surface area contributed by atoms with Crippen LogP contribution in [0.2, 0.25) is 0 Å². The number of ether oxygens (including phenoxy) is 1. The highest BCUT2D eigenvalue weighted by atomic mass is 16.5. The average molecular weight is 287 g/mol. The van der Waals surface area contributed by atoms with Crippen LogP contribution in [0.15, 0.2) is 18.2 Å². The maximum atomic E-state index is 10.3. The first-order chi connectivity index (χ1) is 10.1. The number of fused-ring (bicyclic) bond motifs is 1. The first kappa shape index (κ1) is 13.6. The van der Waals surface area contributed by atoms with Crippen LogP contribution in [0.5, 0.6) is 5.75 Å². The summed E-state index contributed by atoms with van der Waals surface area (Å²) in [5.41, 5.74) is 3.12. The van der Waals surface area contributed by atoms with Crippen LogP contribution in [0.1, 0.15) is 36.8 Å². The Morgan fingerprint density at radius 3 is 3.00 bits per heavy atom. The van der Waals surface area contributed by atoms with Crippen LogP contribution in [0.25, 0.3) is 0 Å². The summed E-state index contributed by atoms with van der Waals surface area (Å²) >= 11 is 0. The van der Waals surface area contributed by atoms with E-state index in [1.165, 1.54) is 17.5 Å². The average Bonchev–Trinajstić information content (AvgIpc) is 2.50. The second kappa shape index (κ2) is 4.72. The van der Waals surface area contributed by atoms with E-state index in [1.807, 2.05) is 0 Å². The van der Waals surface area contributed by atoms with Crippen molar-refractivity contribution >= 4 is 0 Å². The van der Waals surface area contributed by atoms with E-state index in [1.54, 1.807) is 7.11 Å². The predicted octanol–water partition coefficient (Wildman–Crippen LogP) is 2.35. The number of likely N-dealkylation sites (N-methyl/N-ethyl adjacent to an activating group) is 1. The number of hydrogen-bond donors (Lipinski definition) is 1. The van der Waals surface area contributed by atoms with Gasteiger partial charge in [0.1, 0.15) is 5.75 Å². The van der Waals surface area contributed by atoms with E-state index in [4.69, 9.17) is 4.74 Å². The number of benzene rings is 1. The minimum Gasteiger partial charge on any atom is -0.497 e. The third-order valence-electron chi connectivity index (χ3n) is 6.34. The van der Waals surface area contributed by atoms with Gasteiger partial charge in [-0.2, -0.15) is 0 Å². The van der Waals surface area contributed by atoms with E-state index in [-0.39, 0.29) is 11.5 Å². The minimum atomic E-state index is -0.137. The summed E-state index contributed by atoms with van der Waals surface area (Å²) in [6, 6.07) is 7.23. The fourth-order valence-corrected chi connectivity index (χ4v) is 5.31. The topological polar surface area (TPSA) is 32.7 Å². The van der Waals surface area contributed by atoms with Crippen molar-refractivity contribution in [2.75, 3.05) is 20.7 Å². The van der Waals surface area contributed by atoms with E-state index in [0.29, 0.717) is 12.0 Å². The Labute approximate surface area is 126 Å². The van der Waals surface area contributed by atoms with Gasteiger partial charge in [-0.15, -0.1) is 0 Å². The van der Waals surface area contributed by atoms with Crippen LogP contribution >= 0.6 is 0 Å². The molecule has 2 aliphatic carbocycles. The second-order valence-corrected chi connectivity index (χ2v) is 7.22. The molecule has 4 atom stereocenters. The molecule has 1 heterocycles. The summed E-state index contributed by atoms with van der Waals surface area (Å²) in [5, 5.41) is 10.3. The maximum Gasteiger partial charge on any atom is 0.119 e. The van der Waals surface area contributed by atoms with Crippen LogP contribution in [0.3, 0.4) is 0 Å². The number of methoxy groups -OCH3 is 1. The molecule has 0 unspecified atom stereocenters. The van der Waals surface area contributed by atoms with E-state index in [2.05, 4.69) is 30.1 Å². The number of hydrogen-bond acceptors (Lipinski definition) is 3. The maximum absolute atomic E-state index is 10.3. The van der Waals surface area contributed by atoms with Gasteiger partial charge in [-0.1, -0.05) is 6.07 Å². The molecule has 2 fully saturated rings. The van der Waals surface area contributed by atoms with Crippen molar-refractivity contribution in [3.05, 3.63) is 29.3 Å². The molecule has 2 bridgehead atoms. The second-order valence-electron chi connectivity index (χ2n) is 7.22. The molecule has 1 aromatic carbocycles. The zero-order valence-electron chi connectivity index (χ0n) is 13.0. The Morgan fingerprint density at radius 2 is 2.19 bits per heavy atom. The van der Waals surface area contributed by atoms with Crippen molar-refractivity contribution in [1.29, 1.82) is 0 Å². The van der Waals surface area contributed by atoms with Crippen LogP contribution in [0, 0.1) is 5.92 Å². The van der Waals surface area contributed by atoms with E-state index in [9.17, 15) is 5.11 Å². The SMILES string of the molecule is COc1ccc2c(c1)[C@]13CCN(C)[C@H](C2)[C@@H]1CC[C@H](O)C3. The lowest BCUT2D eigenvalue weighted by molar-refractivity contribution is -0.0393. The summed E-state index contributed by atoms with van der Waals surface area (Å²) in [5.74, 6) is 1.65. The van der Waals surface area contributed by atoms with Crippen LogP contribution < -0.4 is 4.74 Å². The summed E-state index contributed by atoms with van der Waals surface area (Å²) in [6.07, 6.45) is 5.24. The molecular formula is C18H25NO2. The molecule has 1 aliphatic heterocycles. The highest BCUT2D eigenvalue weighted by Gasteiger charge is 2.54. The molecule has 1 N–H and O–H groups in total. The van der Waals surface area contributed by atoms with E-state index >= 15 is 0 Å². The first-order valence-corrected chi connectivity index (χ1v) is 8.20. The molecule has 0 radical (unpaired) electrons. The fraction of sp³-hybridized carbons (Fsp3) is 0.667. The Balaban J connectivity index is 1.88. The molecular weight excluding hydrogens is 262 g/mol. The Morgan fingerprint density at radius 1 is 1.33 bits per heavy atom. The molecule has 0 spiro atoms. The lowest BCUT2D eigenvalue weighted by Gasteiger charge is -2.59. The van der Waals surface area contributed by atoms with Crippen LogP contribution in [-0.2, 0) is 11.8 Å². The van der Waals surface area contributed by atoms with Crippen molar-refractivity contribution in [2.24, 2.45) is 5.92 Å². The Hall–Kier alpha value is -1.06. The minimum absolute atomic E-state index is 0.137. The highest BCUT2D eigenvalue weighted by Crippen LogP contribution is 2.55. The molecule has 1 saturated carbocycles. The molecule has 21 heavy (non-hydrogen) atoms. The Bertz CT molecular complexity index is 558. The van der Waals surface area contributed by atoms with Gasteiger partial charge < -0.3 is 14.7 Å². The summed E-state index contributed by atoms with van der Waals surface area (Å²) < 4.78 is 5.47. The van der Waals surface area contributed by atoms with E-state index < -0.39 is 0 Å². The van der Waals surface area contributed by atoms with Gasteiger partial charge in [-0.3, -0.25) is 0 Å². The van der Waals surface area contributed by atoms with Gasteiger partial charge in [0, 0.05) is 11.5 Å². The highest BCUT2D eigenvalue weighted by molar-refractivity contribution is 5.45. The normalized spacial score (nSPS) is 38.5. The largest absolute Gasteiger partial charge is 0.497 e. The van der Waals surface area contributed by atoms with Gasteiger partial charge in [-0.05, 0) is 74.9 Å². The number of aliphatic hydroxyl groups is 1. The monoisotopic (exact) mass is 287 g/mol. The van der Waals surface area contributed by atoms with Crippen LogP contribution in [0.4, 0.5) is 0 Å². The third kappa shape index (κ3) is 1.87. The quantitative estimate of drug-likeness (QED) is 0.860. The zero-order valence-corrected chi connectivity index (χ0v) is 13.0. The summed E-state index contributed by atoms with van der Waals surface area (Å²) in [7, 11) is 4.01. The number of piperidine rings is 1. The van der Waals surface area contributed by atoms with Crippen molar-refractivity contribution in [3.8, 4) is 5.75 Å². The van der Waals surface area contributed by atoms with Gasteiger partial charge in [-0.25, -0.2) is 0 Å². The van der Waals surface area contributed by atoms with Gasteiger partial charge in [0.15, 0.2) is 0 Å². The number of rotatable bonds is 1. The summed E-state index contributed by atoms with van der Waals surface area (Å²) in [4.78, 5) is 2.55. The van der Waals surface area contributed by atoms with Crippen molar-refractivity contribution < 1.29 is 9.84 Å². The number of nitrogens with zero attached hydrogens (tertiary/aromatic N) is 1. The lowest BCUT2D eigenvalue weighted by Crippen LogP contribution is -2.61. The van der Waals surface area contributed by atoms with Gasteiger partial charge >= 0.3 is 0 Å². The smallest absolute Gasteiger partial charge is 0.119 e. The molecule has 4 rings (SSSR count). The zero-order chi connectivity index (χ0) is 14.6. The summed E-state index contributed by atoms with van der Waals surface area (Å²) in [6.45, 7) is 1.14. The first-order valence-electron chi connectivity index (χ1n) is 8.20. The molecule has 0 aromatic heterocycles. The van der Waals surface area contributed by atoms with Crippen molar-refractivity contribution in [3.63, 3.8) is 0 Å². The predicted molar refractivity (Wildman–Crippen MR) is 82.8 cm³/mol. The van der Waals surface area contributed by atoms with Gasteiger partial charge in [0.05, 0.1) is 13.2 Å². The molecule has 1 saturated heterocycles. The molecule has 114 valence electrons. The standard InChI is InChI=1S/C18H25NO2/c1-19-8-7-18-11-13(20)4-6-15(18)17(19)9-12-3-5-14(21-2)10-16(12)18/h3,5,10,13,15,17,20H,4,6-9,11H2,1-2H3/t13-,15-,17+,18-/m0/s1. The molecule has 3 aliphatic rings. The van der Waals surface area contributed by atoms with Crippen molar-refractivity contribution in [2.45, 2.75) is 49.7 Å². The Kier molecular flexibility index (Phi) is 3.05. The molecule has 3 nitrogen and oxygen atoms in total. The third-order valence-corrected chi connectivity index (χ3v) is 6.34. The molecule has 1 aromatic rings. The van der Waals surface area contributed by atoms with Gasteiger partial charge in [0.2, 0.25) is 0 Å². The van der Waals surface area contributed by atoms with E-state index in [0.717, 1.165) is 38.0 Å². The van der Waals surface area contributed by atoms with Gasteiger partial charge in [0.25, 0.3) is 0 Å². The fourth-order valence-electron chi connectivity index (χ4n) is 5.31. The number of aliphatic hydroxyl groups excluding tert-OH is 1. The number of likely N-dealkylation sites (tertiary alicyclic amines) is 1. The van der Waals surface area contributed by atoms with Crippen LogP contribution in [-0.4, -0.2) is 42.9 Å². The van der Waals surface area contributed by atoms with Crippen molar-refractivity contribution in [1.82, 2.24) is 4.90 Å².